The molecule has 0 aliphatic rings. The molecule has 0 aliphatic carbocycles. The van der Waals surface area contributed by atoms with Gasteiger partial charge in [-0.3, -0.25) is 0 Å². The molecule has 0 fully saturated rings. The minimum Gasteiger partial charge on any atom is -0.462 e. The molecular formula is C23H24F4O4. The van der Waals surface area contributed by atoms with Crippen molar-refractivity contribution in [1.82, 2.24) is 0 Å². The SMILES string of the molecule is CCCCCCCOC(=O)c1ccc(C(=O)OCc2c(F)cccc2C(F)(F)F)cc1. The minimum absolute atomic E-state index is 0.0148. The Bertz CT molecular complexity index is 876. The molecule has 4 nitrogen and oxygen atoms in total. The van der Waals surface area contributed by atoms with Crippen molar-refractivity contribution < 1.29 is 36.6 Å². The molecule has 168 valence electrons. The summed E-state index contributed by atoms with van der Waals surface area (Å²) in [6, 6.07) is 7.84. The van der Waals surface area contributed by atoms with Crippen LogP contribution in [-0.2, 0) is 22.3 Å². The molecular weight excluding hydrogens is 416 g/mol. The van der Waals surface area contributed by atoms with Gasteiger partial charge in [0, 0.05) is 5.56 Å². The van der Waals surface area contributed by atoms with Crippen LogP contribution < -0.4 is 0 Å². The largest absolute Gasteiger partial charge is 0.462 e. The number of hydrogen-bond donors (Lipinski definition) is 0. The topological polar surface area (TPSA) is 52.6 Å². The Morgan fingerprint density at radius 3 is 2.00 bits per heavy atom. The second-order valence-electron chi connectivity index (χ2n) is 6.97. The first kappa shape index (κ1) is 24.4. The van der Waals surface area contributed by atoms with Gasteiger partial charge in [0.1, 0.15) is 12.4 Å². The molecule has 0 aliphatic heterocycles. The number of alkyl halides is 3. The summed E-state index contributed by atoms with van der Waals surface area (Å²) in [5.41, 5.74) is -1.70. The van der Waals surface area contributed by atoms with Crippen LogP contribution in [0.3, 0.4) is 0 Å². The average molecular weight is 440 g/mol. The van der Waals surface area contributed by atoms with Gasteiger partial charge in [-0.1, -0.05) is 38.7 Å². The Labute approximate surface area is 178 Å². The maximum Gasteiger partial charge on any atom is 0.416 e. The molecule has 0 bridgehead atoms. The fraction of sp³-hybridized carbons (Fsp3) is 0.391. The average Bonchev–Trinajstić information content (AvgIpc) is 2.74. The lowest BCUT2D eigenvalue weighted by Gasteiger charge is -2.14. The van der Waals surface area contributed by atoms with Gasteiger partial charge in [0.05, 0.1) is 23.3 Å². The molecule has 31 heavy (non-hydrogen) atoms. The second kappa shape index (κ2) is 11.5. The molecule has 0 amide bonds. The molecule has 2 rings (SSSR count). The van der Waals surface area contributed by atoms with Crippen molar-refractivity contribution in [2.75, 3.05) is 6.61 Å². The van der Waals surface area contributed by atoms with Crippen LogP contribution in [0.15, 0.2) is 42.5 Å². The molecule has 2 aromatic rings. The number of halogens is 4. The third-order valence-electron chi connectivity index (χ3n) is 4.61. The van der Waals surface area contributed by atoms with Gasteiger partial charge >= 0.3 is 18.1 Å². The van der Waals surface area contributed by atoms with Crippen LogP contribution in [0, 0.1) is 5.82 Å². The van der Waals surface area contributed by atoms with E-state index in [1.165, 1.54) is 24.3 Å². The van der Waals surface area contributed by atoms with E-state index in [-0.39, 0.29) is 11.1 Å². The normalized spacial score (nSPS) is 11.3. The number of esters is 2. The Morgan fingerprint density at radius 1 is 0.839 bits per heavy atom. The lowest BCUT2D eigenvalue weighted by Crippen LogP contribution is -2.14. The van der Waals surface area contributed by atoms with E-state index in [1.54, 1.807) is 0 Å². The highest BCUT2D eigenvalue weighted by Gasteiger charge is 2.34. The lowest BCUT2D eigenvalue weighted by molar-refractivity contribution is -0.139. The van der Waals surface area contributed by atoms with Crippen molar-refractivity contribution in [2.45, 2.75) is 51.8 Å². The lowest BCUT2D eigenvalue weighted by atomic mass is 10.1. The quantitative estimate of drug-likeness (QED) is 0.246. The van der Waals surface area contributed by atoms with E-state index >= 15 is 0 Å². The summed E-state index contributed by atoms with van der Waals surface area (Å²) in [4.78, 5) is 24.1. The summed E-state index contributed by atoms with van der Waals surface area (Å²) < 4.78 is 62.9. The van der Waals surface area contributed by atoms with Crippen LogP contribution in [0.2, 0.25) is 0 Å². The summed E-state index contributed by atoms with van der Waals surface area (Å²) in [5, 5.41) is 0. The van der Waals surface area contributed by atoms with Gasteiger partial charge in [0.2, 0.25) is 0 Å². The number of carbonyl (C=O) groups excluding carboxylic acids is 2. The van der Waals surface area contributed by atoms with E-state index in [4.69, 9.17) is 9.47 Å². The Kier molecular flexibility index (Phi) is 9.03. The third kappa shape index (κ3) is 7.38. The monoisotopic (exact) mass is 440 g/mol. The molecule has 8 heteroatoms. The van der Waals surface area contributed by atoms with Gasteiger partial charge in [0.15, 0.2) is 0 Å². The van der Waals surface area contributed by atoms with Crippen LogP contribution in [0.5, 0.6) is 0 Å². The molecule has 0 N–H and O–H groups in total. The van der Waals surface area contributed by atoms with E-state index in [9.17, 15) is 27.2 Å². The molecule has 0 spiro atoms. The van der Waals surface area contributed by atoms with Gasteiger partial charge in [0.25, 0.3) is 0 Å². The number of ether oxygens (including phenoxy) is 2. The van der Waals surface area contributed by atoms with Crippen LogP contribution in [0.4, 0.5) is 17.6 Å². The summed E-state index contributed by atoms with van der Waals surface area (Å²) >= 11 is 0. The van der Waals surface area contributed by atoms with E-state index in [2.05, 4.69) is 6.92 Å². The molecule has 0 radical (unpaired) electrons. The zero-order valence-electron chi connectivity index (χ0n) is 17.1. The molecule has 2 aromatic carbocycles. The molecule has 0 heterocycles. The maximum atomic E-state index is 13.8. The van der Waals surface area contributed by atoms with Gasteiger partial charge in [-0.05, 0) is 42.8 Å². The van der Waals surface area contributed by atoms with E-state index in [0.717, 1.165) is 50.3 Å². The van der Waals surface area contributed by atoms with E-state index in [0.29, 0.717) is 6.61 Å². The van der Waals surface area contributed by atoms with Gasteiger partial charge in [-0.15, -0.1) is 0 Å². The van der Waals surface area contributed by atoms with Crippen molar-refractivity contribution in [1.29, 1.82) is 0 Å². The Balaban J connectivity index is 1.91. The molecule has 0 unspecified atom stereocenters. The maximum absolute atomic E-state index is 13.8. The van der Waals surface area contributed by atoms with E-state index < -0.39 is 41.7 Å². The smallest absolute Gasteiger partial charge is 0.416 e. The first-order valence-electron chi connectivity index (χ1n) is 10.0. The Hall–Kier alpha value is -2.90. The number of unbranched alkanes of at least 4 members (excludes halogenated alkanes) is 4. The predicted octanol–water partition coefficient (Wildman–Crippen LogP) is 6.33. The Morgan fingerprint density at radius 2 is 1.42 bits per heavy atom. The summed E-state index contributed by atoms with van der Waals surface area (Å²) in [6.07, 6.45) is 0.318. The summed E-state index contributed by atoms with van der Waals surface area (Å²) in [5.74, 6) is -2.58. The van der Waals surface area contributed by atoms with Crippen molar-refractivity contribution in [3.8, 4) is 0 Å². The van der Waals surface area contributed by atoms with Crippen LogP contribution in [-0.4, -0.2) is 18.5 Å². The van der Waals surface area contributed by atoms with Crippen molar-refractivity contribution in [3.63, 3.8) is 0 Å². The third-order valence-corrected chi connectivity index (χ3v) is 4.61. The molecule has 0 saturated carbocycles. The molecule has 0 atom stereocenters. The van der Waals surface area contributed by atoms with Crippen LogP contribution >= 0.6 is 0 Å². The van der Waals surface area contributed by atoms with Crippen molar-refractivity contribution in [2.24, 2.45) is 0 Å². The van der Waals surface area contributed by atoms with Gasteiger partial charge in [-0.2, -0.15) is 13.2 Å². The predicted molar refractivity (Wildman–Crippen MR) is 106 cm³/mol. The van der Waals surface area contributed by atoms with Crippen molar-refractivity contribution >= 4 is 11.9 Å². The fourth-order valence-corrected chi connectivity index (χ4v) is 2.89. The number of hydrogen-bond acceptors (Lipinski definition) is 4. The molecule has 0 saturated heterocycles. The summed E-state index contributed by atoms with van der Waals surface area (Å²) in [7, 11) is 0. The summed E-state index contributed by atoms with van der Waals surface area (Å²) in [6.45, 7) is 1.54. The highest BCUT2D eigenvalue weighted by atomic mass is 19.4. The highest BCUT2D eigenvalue weighted by molar-refractivity contribution is 5.93. The fourth-order valence-electron chi connectivity index (χ4n) is 2.89. The van der Waals surface area contributed by atoms with Gasteiger partial charge in [-0.25, -0.2) is 14.0 Å². The second-order valence-corrected chi connectivity index (χ2v) is 6.97. The number of benzene rings is 2. The minimum atomic E-state index is -4.78. The first-order chi connectivity index (χ1) is 14.7. The zero-order chi connectivity index (χ0) is 22.9. The standard InChI is InChI=1S/C23H24F4O4/c1-2-3-4-5-6-14-30-21(28)16-10-12-17(13-11-16)22(29)31-15-18-19(23(25,26)27)8-7-9-20(18)24/h7-13H,2-6,14-15H2,1H3. The van der Waals surface area contributed by atoms with Crippen molar-refractivity contribution in [3.05, 3.63) is 70.5 Å². The first-order valence-corrected chi connectivity index (χ1v) is 10.0. The number of rotatable bonds is 10. The van der Waals surface area contributed by atoms with Crippen LogP contribution in [0.25, 0.3) is 0 Å². The van der Waals surface area contributed by atoms with E-state index in [1.807, 2.05) is 0 Å². The highest BCUT2D eigenvalue weighted by Crippen LogP contribution is 2.33. The van der Waals surface area contributed by atoms with Crippen LogP contribution in [0.1, 0.15) is 70.9 Å². The number of carbonyl (C=O) groups is 2. The zero-order valence-corrected chi connectivity index (χ0v) is 17.1. The van der Waals surface area contributed by atoms with Gasteiger partial charge < -0.3 is 9.47 Å². The molecule has 0 aromatic heterocycles.